The summed E-state index contributed by atoms with van der Waals surface area (Å²) in [4.78, 5) is 3.54. The van der Waals surface area contributed by atoms with E-state index in [-0.39, 0.29) is 0 Å². The summed E-state index contributed by atoms with van der Waals surface area (Å²) in [6.45, 7) is -1.29. The average Bonchev–Trinajstić information content (AvgIpc) is 2.61. The maximum atomic E-state index is 10.2. The number of thiocarbonyl (C=S) groups is 1. The fourth-order valence-corrected chi connectivity index (χ4v) is 2.83. The van der Waals surface area contributed by atoms with Gasteiger partial charge in [-0.1, -0.05) is 0 Å². The summed E-state index contributed by atoms with van der Waals surface area (Å²) in [5, 5.41) is 70.2. The van der Waals surface area contributed by atoms with Crippen molar-refractivity contribution in [3.05, 3.63) is 0 Å². The summed E-state index contributed by atoms with van der Waals surface area (Å²) >= 11 is 4.41. The molecule has 25 heavy (non-hydrogen) atoms. The van der Waals surface area contributed by atoms with Gasteiger partial charge in [-0.15, -0.1) is 0 Å². The number of ether oxygens (including phenoxy) is 3. The normalized spacial score (nSPS) is 48.0. The largest absolute Gasteiger partial charge is 0.394 e. The molecule has 7 N–H and O–H groups in total. The molecule has 1 unspecified atom stereocenters. The van der Waals surface area contributed by atoms with Crippen LogP contribution in [-0.2, 0) is 14.2 Å². The third-order valence-corrected chi connectivity index (χ3v) is 4.26. The first-order valence-corrected chi connectivity index (χ1v) is 7.92. The van der Waals surface area contributed by atoms with Crippen molar-refractivity contribution in [1.29, 1.82) is 0 Å². The van der Waals surface area contributed by atoms with Crippen LogP contribution in [0.15, 0.2) is 4.99 Å². The zero-order valence-electron chi connectivity index (χ0n) is 12.9. The monoisotopic (exact) mass is 383 g/mol. The van der Waals surface area contributed by atoms with E-state index in [4.69, 9.17) is 19.3 Å². The van der Waals surface area contributed by atoms with Crippen molar-refractivity contribution in [2.45, 2.75) is 61.3 Å². The molecule has 10 atom stereocenters. The molecule has 2 heterocycles. The van der Waals surface area contributed by atoms with E-state index in [1.807, 2.05) is 5.16 Å². The van der Waals surface area contributed by atoms with Crippen LogP contribution in [0.5, 0.6) is 0 Å². The Hall–Kier alpha value is -0.600. The number of rotatable bonds is 5. The van der Waals surface area contributed by atoms with Crippen LogP contribution >= 0.6 is 12.2 Å². The zero-order chi connectivity index (χ0) is 18.7. The van der Waals surface area contributed by atoms with Crippen LogP contribution in [-0.4, -0.2) is 115 Å². The van der Waals surface area contributed by atoms with E-state index < -0.39 is 74.6 Å². The van der Waals surface area contributed by atoms with E-state index in [0.717, 1.165) is 0 Å². The van der Waals surface area contributed by atoms with Crippen molar-refractivity contribution >= 4 is 17.4 Å². The number of nitrogens with zero attached hydrogens (tertiary/aromatic N) is 1. The molecule has 2 aliphatic rings. The molecule has 0 saturated carbocycles. The van der Waals surface area contributed by atoms with Gasteiger partial charge in [0.25, 0.3) is 0 Å². The minimum Gasteiger partial charge on any atom is -0.394 e. The Bertz CT molecular complexity index is 487. The van der Waals surface area contributed by atoms with Crippen LogP contribution < -0.4 is 0 Å². The third kappa shape index (κ3) is 4.22. The minimum atomic E-state index is -1.71. The standard InChI is InChI=1S/C13H21NO10S/c15-1-4-6(17)7(18)10(21)13(23-4)24-11-5(2-16)22-12(14-3-25)9(20)8(11)19/h4-13,15-21H,1-2H2/t4-,5-,6+,7+,8-,9-,10-,11-,12?,13+/m1/s1. The van der Waals surface area contributed by atoms with Gasteiger partial charge in [0, 0.05) is 0 Å². The molecule has 0 aromatic heterocycles. The molecule has 2 rings (SSSR count). The first-order valence-electron chi connectivity index (χ1n) is 7.51. The van der Waals surface area contributed by atoms with Gasteiger partial charge in [0.2, 0.25) is 0 Å². The van der Waals surface area contributed by atoms with Crippen molar-refractivity contribution in [2.75, 3.05) is 13.2 Å². The van der Waals surface area contributed by atoms with Crippen LogP contribution in [0.2, 0.25) is 0 Å². The summed E-state index contributed by atoms with van der Waals surface area (Å²) in [5.74, 6) is 0. The van der Waals surface area contributed by atoms with E-state index in [9.17, 15) is 30.6 Å². The lowest BCUT2D eigenvalue weighted by molar-refractivity contribution is -0.341. The van der Waals surface area contributed by atoms with Gasteiger partial charge in [0.05, 0.1) is 18.4 Å². The first-order chi connectivity index (χ1) is 11.8. The van der Waals surface area contributed by atoms with Gasteiger partial charge in [-0.3, -0.25) is 0 Å². The summed E-state index contributed by atoms with van der Waals surface area (Å²) in [6, 6.07) is 0. The van der Waals surface area contributed by atoms with Crippen LogP contribution in [0.3, 0.4) is 0 Å². The Balaban J connectivity index is 2.15. The van der Waals surface area contributed by atoms with Gasteiger partial charge < -0.3 is 50.0 Å². The van der Waals surface area contributed by atoms with Gasteiger partial charge in [-0.25, -0.2) is 0 Å². The molecule has 0 radical (unpaired) electrons. The third-order valence-electron chi connectivity index (χ3n) is 4.16. The maximum absolute atomic E-state index is 10.2. The van der Waals surface area contributed by atoms with Gasteiger partial charge in [0.15, 0.2) is 12.5 Å². The minimum absolute atomic E-state index is 0.630. The number of aliphatic hydroxyl groups is 7. The zero-order valence-corrected chi connectivity index (χ0v) is 13.7. The fraction of sp³-hybridized carbons (Fsp3) is 0.923. The molecule has 0 amide bonds. The molecule has 0 aromatic rings. The van der Waals surface area contributed by atoms with Crippen molar-refractivity contribution in [1.82, 2.24) is 0 Å². The molecule has 0 spiro atoms. The number of aliphatic hydroxyl groups excluding tert-OH is 7. The molecule has 144 valence electrons. The topological polar surface area (TPSA) is 182 Å². The van der Waals surface area contributed by atoms with Gasteiger partial charge in [0.1, 0.15) is 48.8 Å². The van der Waals surface area contributed by atoms with E-state index in [1.54, 1.807) is 0 Å². The second-order valence-corrected chi connectivity index (χ2v) is 5.93. The Morgan fingerprint density at radius 1 is 0.840 bits per heavy atom. The highest BCUT2D eigenvalue weighted by atomic mass is 32.1. The molecule has 2 saturated heterocycles. The van der Waals surface area contributed by atoms with Crippen LogP contribution in [0, 0.1) is 0 Å². The highest BCUT2D eigenvalue weighted by Crippen LogP contribution is 2.29. The smallest absolute Gasteiger partial charge is 0.187 e. The number of hydrogen-bond donors (Lipinski definition) is 7. The van der Waals surface area contributed by atoms with Crippen molar-refractivity contribution in [2.24, 2.45) is 4.99 Å². The van der Waals surface area contributed by atoms with Crippen LogP contribution in [0.4, 0.5) is 0 Å². The van der Waals surface area contributed by atoms with Gasteiger partial charge >= 0.3 is 0 Å². The predicted molar refractivity (Wildman–Crippen MR) is 81.4 cm³/mol. The summed E-state index contributed by atoms with van der Waals surface area (Å²) in [5.41, 5.74) is 0. The van der Waals surface area contributed by atoms with Gasteiger partial charge in [-0.2, -0.15) is 4.99 Å². The quantitative estimate of drug-likeness (QED) is 0.180. The number of aliphatic imine (C=N–C) groups is 1. The first kappa shape index (κ1) is 20.7. The second-order valence-electron chi connectivity index (χ2n) is 5.75. The Kier molecular flexibility index (Phi) is 7.34. The molecular formula is C13H21NO10S. The highest BCUT2D eigenvalue weighted by Gasteiger charge is 2.50. The average molecular weight is 383 g/mol. The second kappa shape index (κ2) is 8.86. The molecule has 0 aliphatic carbocycles. The van der Waals surface area contributed by atoms with Crippen molar-refractivity contribution in [3.63, 3.8) is 0 Å². The summed E-state index contributed by atoms with van der Waals surface area (Å²) in [6.07, 6.45) is -14.7. The lowest BCUT2D eigenvalue weighted by Gasteiger charge is -2.45. The number of isothiocyanates is 1. The molecule has 11 nitrogen and oxygen atoms in total. The Morgan fingerprint density at radius 3 is 2.04 bits per heavy atom. The summed E-state index contributed by atoms with van der Waals surface area (Å²) in [7, 11) is 0. The highest BCUT2D eigenvalue weighted by molar-refractivity contribution is 7.78. The lowest BCUT2D eigenvalue weighted by atomic mass is 9.96. The van der Waals surface area contributed by atoms with Crippen LogP contribution in [0.25, 0.3) is 0 Å². The summed E-state index contributed by atoms with van der Waals surface area (Å²) < 4.78 is 15.8. The Morgan fingerprint density at radius 2 is 1.48 bits per heavy atom. The molecular weight excluding hydrogens is 362 g/mol. The number of hydrogen-bond acceptors (Lipinski definition) is 12. The van der Waals surface area contributed by atoms with Crippen LogP contribution in [0.1, 0.15) is 0 Å². The molecule has 0 aromatic carbocycles. The molecule has 0 bridgehead atoms. The van der Waals surface area contributed by atoms with E-state index in [2.05, 4.69) is 17.2 Å². The van der Waals surface area contributed by atoms with E-state index in [0.29, 0.717) is 0 Å². The Labute approximate surface area is 147 Å². The molecule has 2 aliphatic heterocycles. The van der Waals surface area contributed by atoms with Crippen molar-refractivity contribution in [3.8, 4) is 0 Å². The lowest BCUT2D eigenvalue weighted by Crippen LogP contribution is -2.64. The van der Waals surface area contributed by atoms with E-state index >= 15 is 0 Å². The fourth-order valence-electron chi connectivity index (χ4n) is 2.73. The molecule has 12 heteroatoms. The maximum Gasteiger partial charge on any atom is 0.187 e. The molecule has 2 fully saturated rings. The van der Waals surface area contributed by atoms with Gasteiger partial charge in [-0.05, 0) is 12.2 Å². The van der Waals surface area contributed by atoms with Crippen molar-refractivity contribution < 1.29 is 50.0 Å². The predicted octanol–water partition coefficient (Wildman–Crippen LogP) is -4.29. The van der Waals surface area contributed by atoms with E-state index in [1.165, 1.54) is 0 Å². The SMILES string of the molecule is OC[C@H]1O[C@@H](O[C@H]2[C@H](O)[C@@H](O)C(N=C=S)O[C@@H]2CO)[C@H](O)[C@@H](O)[C@H]1O.